The molecule has 6 nitrogen and oxygen atoms in total. The molecule has 150 valence electrons. The minimum Gasteiger partial charge on any atom is -0.267 e. The summed E-state index contributed by atoms with van der Waals surface area (Å²) in [6.07, 6.45) is -3.63. The predicted octanol–water partition coefficient (Wildman–Crippen LogP) is 3.76. The van der Waals surface area contributed by atoms with Gasteiger partial charge < -0.3 is 0 Å². The maximum Gasteiger partial charge on any atom is 0.417 e. The van der Waals surface area contributed by atoms with E-state index in [2.05, 4.69) is 15.6 Å². The molecule has 0 aliphatic carbocycles. The molecule has 29 heavy (non-hydrogen) atoms. The second-order valence-corrected chi connectivity index (χ2v) is 6.52. The van der Waals surface area contributed by atoms with Crippen LogP contribution in [0.3, 0.4) is 0 Å². The molecule has 1 amide bonds. The Kier molecular flexibility index (Phi) is 5.49. The van der Waals surface area contributed by atoms with E-state index in [1.54, 1.807) is 38.1 Å². The van der Waals surface area contributed by atoms with Crippen molar-refractivity contribution in [1.29, 1.82) is 0 Å². The van der Waals surface area contributed by atoms with Crippen LogP contribution < -0.4 is 11.0 Å². The molecule has 0 spiro atoms. The summed E-state index contributed by atoms with van der Waals surface area (Å²) in [5.41, 5.74) is 0.749. The molecular formula is C20H17F3N4O2. The van der Waals surface area contributed by atoms with Crippen molar-refractivity contribution in [3.63, 3.8) is 0 Å². The molecule has 0 aliphatic rings. The number of hydrazone groups is 1. The summed E-state index contributed by atoms with van der Waals surface area (Å²) in [7, 11) is 0. The molecule has 1 heterocycles. The number of aromatic nitrogens is 2. The largest absolute Gasteiger partial charge is 0.417 e. The monoisotopic (exact) mass is 402 g/mol. The van der Waals surface area contributed by atoms with Crippen LogP contribution in [0.1, 0.15) is 41.5 Å². The van der Waals surface area contributed by atoms with E-state index in [0.29, 0.717) is 10.8 Å². The van der Waals surface area contributed by atoms with Gasteiger partial charge in [-0.2, -0.15) is 23.4 Å². The first-order valence-corrected chi connectivity index (χ1v) is 8.71. The second kappa shape index (κ2) is 7.86. The number of benzene rings is 2. The van der Waals surface area contributed by atoms with Gasteiger partial charge in [-0.25, -0.2) is 10.1 Å². The Bertz CT molecular complexity index is 1150. The molecule has 2 aromatic carbocycles. The summed E-state index contributed by atoms with van der Waals surface area (Å²) in [6, 6.07) is 11.1. The third-order valence-corrected chi connectivity index (χ3v) is 4.17. The van der Waals surface area contributed by atoms with Crippen LogP contribution in [0, 0.1) is 0 Å². The summed E-state index contributed by atoms with van der Waals surface area (Å²) < 4.78 is 40.3. The summed E-state index contributed by atoms with van der Waals surface area (Å²) in [6.45, 7) is 3.49. The van der Waals surface area contributed by atoms with Gasteiger partial charge in [0.2, 0.25) is 0 Å². The van der Waals surface area contributed by atoms with Crippen LogP contribution in [0.5, 0.6) is 0 Å². The zero-order chi connectivity index (χ0) is 21.2. The van der Waals surface area contributed by atoms with Crippen molar-refractivity contribution in [2.24, 2.45) is 5.10 Å². The first kappa shape index (κ1) is 20.2. The minimum atomic E-state index is -4.54. The van der Waals surface area contributed by atoms with Crippen LogP contribution in [0.15, 0.2) is 58.4 Å². The standard InChI is InChI=1S/C20H17F3N4O2/c1-12(2)27-19(29)15-9-5-4-8-14(15)17(26-27)18(28)25-24-11-13-7-3-6-10-16(13)20(21,22)23/h3-12H,1-2H3,(H,25,28)/b24-11-. The SMILES string of the molecule is CC(C)n1nc(C(=O)N/N=C\c2ccccc2C(F)(F)F)c2ccccc2c1=O. The Balaban J connectivity index is 1.95. The number of alkyl halides is 3. The Morgan fingerprint density at radius 3 is 2.38 bits per heavy atom. The number of carbonyl (C=O) groups is 1. The molecular weight excluding hydrogens is 385 g/mol. The van der Waals surface area contributed by atoms with E-state index >= 15 is 0 Å². The van der Waals surface area contributed by atoms with E-state index in [0.717, 1.165) is 12.3 Å². The predicted molar refractivity (Wildman–Crippen MR) is 103 cm³/mol. The molecule has 9 heteroatoms. The molecule has 1 aromatic heterocycles. The molecule has 0 saturated carbocycles. The molecule has 3 rings (SSSR count). The molecule has 0 unspecified atom stereocenters. The quantitative estimate of drug-likeness (QED) is 0.533. The average molecular weight is 402 g/mol. The van der Waals surface area contributed by atoms with Crippen LogP contribution in [-0.2, 0) is 6.18 Å². The van der Waals surface area contributed by atoms with Gasteiger partial charge in [0.25, 0.3) is 11.5 Å². The first-order chi connectivity index (χ1) is 13.7. The number of amides is 1. The van der Waals surface area contributed by atoms with Crippen molar-refractivity contribution < 1.29 is 18.0 Å². The van der Waals surface area contributed by atoms with Gasteiger partial charge in [0.1, 0.15) is 0 Å². The van der Waals surface area contributed by atoms with Crippen molar-refractivity contribution in [1.82, 2.24) is 15.2 Å². The van der Waals surface area contributed by atoms with E-state index in [4.69, 9.17) is 0 Å². The van der Waals surface area contributed by atoms with E-state index < -0.39 is 17.6 Å². The summed E-state index contributed by atoms with van der Waals surface area (Å²) in [5.74, 6) is -0.740. The Labute approximate surface area is 163 Å². The molecule has 0 atom stereocenters. The highest BCUT2D eigenvalue weighted by Gasteiger charge is 2.32. The number of nitrogens with one attached hydrogen (secondary N) is 1. The molecule has 0 radical (unpaired) electrons. The third kappa shape index (κ3) is 4.18. The van der Waals surface area contributed by atoms with Crippen LogP contribution in [-0.4, -0.2) is 21.9 Å². The number of carbonyl (C=O) groups excluding carboxylic acids is 1. The lowest BCUT2D eigenvalue weighted by Gasteiger charge is -2.12. The lowest BCUT2D eigenvalue weighted by Crippen LogP contribution is -2.30. The molecule has 1 N–H and O–H groups in total. The summed E-state index contributed by atoms with van der Waals surface area (Å²) in [5, 5.41) is 8.41. The molecule has 0 fully saturated rings. The highest BCUT2D eigenvalue weighted by molar-refractivity contribution is 6.05. The highest BCUT2D eigenvalue weighted by atomic mass is 19.4. The number of nitrogens with zero attached hydrogens (tertiary/aromatic N) is 3. The Morgan fingerprint density at radius 2 is 1.72 bits per heavy atom. The smallest absolute Gasteiger partial charge is 0.267 e. The summed E-state index contributed by atoms with van der Waals surface area (Å²) >= 11 is 0. The van der Waals surface area contributed by atoms with Crippen molar-refractivity contribution >= 4 is 22.9 Å². The first-order valence-electron chi connectivity index (χ1n) is 8.71. The zero-order valence-electron chi connectivity index (χ0n) is 15.6. The third-order valence-electron chi connectivity index (χ3n) is 4.17. The van der Waals surface area contributed by atoms with Gasteiger partial charge >= 0.3 is 6.18 Å². The lowest BCUT2D eigenvalue weighted by atomic mass is 10.1. The fourth-order valence-electron chi connectivity index (χ4n) is 2.81. The molecule has 0 aliphatic heterocycles. The fraction of sp³-hybridized carbons (Fsp3) is 0.200. The lowest BCUT2D eigenvalue weighted by molar-refractivity contribution is -0.137. The van der Waals surface area contributed by atoms with Gasteiger partial charge in [0.15, 0.2) is 5.69 Å². The van der Waals surface area contributed by atoms with Crippen molar-refractivity contribution in [2.75, 3.05) is 0 Å². The number of halogens is 3. The van der Waals surface area contributed by atoms with Crippen molar-refractivity contribution in [3.8, 4) is 0 Å². The van der Waals surface area contributed by atoms with E-state index in [-0.39, 0.29) is 22.9 Å². The van der Waals surface area contributed by atoms with Crippen molar-refractivity contribution in [3.05, 3.63) is 75.7 Å². The van der Waals surface area contributed by atoms with Crippen LogP contribution in [0.2, 0.25) is 0 Å². The topological polar surface area (TPSA) is 76.3 Å². The van der Waals surface area contributed by atoms with Gasteiger partial charge in [-0.1, -0.05) is 36.4 Å². The zero-order valence-corrected chi connectivity index (χ0v) is 15.6. The maximum absolute atomic E-state index is 13.0. The van der Waals surface area contributed by atoms with E-state index in [1.165, 1.54) is 22.9 Å². The Hall–Kier alpha value is -3.49. The van der Waals surface area contributed by atoms with Gasteiger partial charge in [-0.05, 0) is 26.0 Å². The number of hydrogen-bond acceptors (Lipinski definition) is 4. The van der Waals surface area contributed by atoms with Crippen LogP contribution >= 0.6 is 0 Å². The number of fused-ring (bicyclic) bond motifs is 1. The van der Waals surface area contributed by atoms with Gasteiger partial charge in [0, 0.05) is 10.9 Å². The minimum absolute atomic E-state index is 0.0462. The number of rotatable bonds is 4. The molecule has 0 saturated heterocycles. The van der Waals surface area contributed by atoms with E-state index in [1.807, 2.05) is 0 Å². The normalized spacial score (nSPS) is 12.1. The maximum atomic E-state index is 13.0. The highest BCUT2D eigenvalue weighted by Crippen LogP contribution is 2.31. The van der Waals surface area contributed by atoms with Crippen LogP contribution in [0.4, 0.5) is 13.2 Å². The Morgan fingerprint density at radius 1 is 1.10 bits per heavy atom. The van der Waals surface area contributed by atoms with E-state index in [9.17, 15) is 22.8 Å². The average Bonchev–Trinajstić information content (AvgIpc) is 2.67. The molecule has 0 bridgehead atoms. The number of hydrogen-bond donors (Lipinski definition) is 1. The van der Waals surface area contributed by atoms with Gasteiger partial charge in [-0.15, -0.1) is 0 Å². The van der Waals surface area contributed by atoms with Gasteiger partial charge in [-0.3, -0.25) is 9.59 Å². The second-order valence-electron chi connectivity index (χ2n) is 6.52. The summed E-state index contributed by atoms with van der Waals surface area (Å²) in [4.78, 5) is 25.1. The van der Waals surface area contributed by atoms with Crippen molar-refractivity contribution in [2.45, 2.75) is 26.1 Å². The van der Waals surface area contributed by atoms with Gasteiger partial charge in [0.05, 0.1) is 23.2 Å². The van der Waals surface area contributed by atoms with Crippen LogP contribution in [0.25, 0.3) is 10.8 Å². The molecule has 3 aromatic rings. The fourth-order valence-corrected chi connectivity index (χ4v) is 2.81.